The van der Waals surface area contributed by atoms with Crippen LogP contribution in [0.3, 0.4) is 0 Å². The van der Waals surface area contributed by atoms with Crippen molar-refractivity contribution in [1.29, 1.82) is 0 Å². The van der Waals surface area contributed by atoms with Crippen LogP contribution in [0.2, 0.25) is 0 Å². The minimum atomic E-state index is -1.33. The molecule has 1 fully saturated rings. The first kappa shape index (κ1) is 24.0. The number of hydrogen-bond acceptors (Lipinski definition) is 6. The fraction of sp³-hybridized carbons (Fsp3) is 0.609. The van der Waals surface area contributed by atoms with Gasteiger partial charge in [-0.25, -0.2) is 4.79 Å². The predicted molar refractivity (Wildman–Crippen MR) is 112 cm³/mol. The lowest BCUT2D eigenvalue weighted by molar-refractivity contribution is -0.272. The van der Waals surface area contributed by atoms with Crippen LogP contribution in [-0.4, -0.2) is 49.8 Å². The highest BCUT2D eigenvalue weighted by molar-refractivity contribution is 5.97. The van der Waals surface area contributed by atoms with Crippen LogP contribution in [0.4, 0.5) is 0 Å². The largest absolute Gasteiger partial charge is 0.465 e. The summed E-state index contributed by atoms with van der Waals surface area (Å²) in [5.41, 5.74) is 2.73. The van der Waals surface area contributed by atoms with E-state index < -0.39 is 17.8 Å². The average Bonchev–Trinajstić information content (AvgIpc) is 2.72. The Hall–Kier alpha value is -2.25. The number of carbonyl (C=O) groups is 3. The van der Waals surface area contributed by atoms with Gasteiger partial charge < -0.3 is 19.5 Å². The van der Waals surface area contributed by atoms with Crippen LogP contribution < -0.4 is 5.32 Å². The Morgan fingerprint density at radius 2 is 1.83 bits per heavy atom. The van der Waals surface area contributed by atoms with Crippen LogP contribution >= 0.6 is 0 Å². The number of esters is 1. The molecule has 2 rings (SSSR count). The third-order valence-corrected chi connectivity index (χ3v) is 5.67. The lowest BCUT2D eigenvalue weighted by atomic mass is 9.98. The summed E-state index contributed by atoms with van der Waals surface area (Å²) in [4.78, 5) is 36.2. The van der Waals surface area contributed by atoms with E-state index in [0.29, 0.717) is 25.2 Å². The van der Waals surface area contributed by atoms with Crippen molar-refractivity contribution in [3.05, 3.63) is 34.9 Å². The molecule has 0 aliphatic carbocycles. The molecule has 1 aliphatic heterocycles. The Morgan fingerprint density at radius 3 is 2.40 bits per heavy atom. The number of nitrogens with one attached hydrogen (secondary N) is 1. The van der Waals surface area contributed by atoms with E-state index in [-0.39, 0.29) is 17.6 Å². The maximum atomic E-state index is 12.5. The number of methoxy groups -OCH3 is 1. The number of carbonyl (C=O) groups excluding carboxylic acids is 3. The van der Waals surface area contributed by atoms with E-state index in [4.69, 9.17) is 14.2 Å². The molecular weight excluding hydrogens is 386 g/mol. The van der Waals surface area contributed by atoms with Crippen LogP contribution in [0.5, 0.6) is 0 Å². The lowest BCUT2D eigenvalue weighted by Crippen LogP contribution is -2.48. The Balaban J connectivity index is 1.76. The summed E-state index contributed by atoms with van der Waals surface area (Å²) in [6.07, 6.45) is 3.10. The Labute approximate surface area is 178 Å². The van der Waals surface area contributed by atoms with Gasteiger partial charge in [0.15, 0.2) is 5.78 Å². The van der Waals surface area contributed by atoms with Crippen LogP contribution in [-0.2, 0) is 23.8 Å². The number of amides is 1. The number of ether oxygens (including phenoxy) is 3. The van der Waals surface area contributed by atoms with Gasteiger partial charge in [-0.1, -0.05) is 18.9 Å². The summed E-state index contributed by atoms with van der Waals surface area (Å²) in [6.45, 7) is 7.86. The SMILES string of the molecule is COC(=O)C1(C)OCC(CCCCC(NC(=O)c2ccc(C)c(C)c2)C(C)=O)CO1. The van der Waals surface area contributed by atoms with Crippen molar-refractivity contribution in [1.82, 2.24) is 5.32 Å². The minimum absolute atomic E-state index is 0.0506. The smallest absolute Gasteiger partial charge is 0.366 e. The number of Topliss-reactive ketones (excluding diaryl/α,β-unsaturated/α-hetero) is 1. The second kappa shape index (κ2) is 10.7. The molecule has 1 N–H and O–H groups in total. The maximum Gasteiger partial charge on any atom is 0.366 e. The van der Waals surface area contributed by atoms with Crippen LogP contribution in [0, 0.1) is 19.8 Å². The van der Waals surface area contributed by atoms with E-state index in [9.17, 15) is 14.4 Å². The molecule has 0 radical (unpaired) electrons. The molecule has 166 valence electrons. The molecule has 30 heavy (non-hydrogen) atoms. The van der Waals surface area contributed by atoms with Gasteiger partial charge in [0.1, 0.15) is 0 Å². The van der Waals surface area contributed by atoms with E-state index in [0.717, 1.165) is 30.4 Å². The van der Waals surface area contributed by atoms with Gasteiger partial charge in [0.2, 0.25) is 0 Å². The zero-order valence-corrected chi connectivity index (χ0v) is 18.6. The summed E-state index contributed by atoms with van der Waals surface area (Å²) in [5.74, 6) is -1.96. The van der Waals surface area contributed by atoms with Crippen molar-refractivity contribution >= 4 is 17.7 Å². The summed E-state index contributed by atoms with van der Waals surface area (Å²) in [5, 5.41) is 2.86. The van der Waals surface area contributed by atoms with Crippen LogP contribution in [0.1, 0.15) is 61.0 Å². The summed E-state index contributed by atoms with van der Waals surface area (Å²) >= 11 is 0. The number of rotatable bonds is 9. The van der Waals surface area contributed by atoms with Gasteiger partial charge in [0.25, 0.3) is 11.7 Å². The second-order valence-corrected chi connectivity index (χ2v) is 8.15. The first-order valence-electron chi connectivity index (χ1n) is 10.4. The minimum Gasteiger partial charge on any atom is -0.465 e. The number of ketones is 1. The lowest BCUT2D eigenvalue weighted by Gasteiger charge is -2.35. The Bertz CT molecular complexity index is 767. The first-order valence-corrected chi connectivity index (χ1v) is 10.4. The van der Waals surface area contributed by atoms with Gasteiger partial charge in [-0.2, -0.15) is 0 Å². The van der Waals surface area contributed by atoms with E-state index in [2.05, 4.69) is 5.32 Å². The third kappa shape index (κ3) is 6.37. The molecule has 0 bridgehead atoms. The zero-order valence-electron chi connectivity index (χ0n) is 18.6. The maximum absolute atomic E-state index is 12.5. The molecule has 1 aliphatic rings. The molecule has 7 heteroatoms. The summed E-state index contributed by atoms with van der Waals surface area (Å²) in [6, 6.07) is 5.03. The molecule has 1 heterocycles. The average molecular weight is 420 g/mol. The van der Waals surface area contributed by atoms with E-state index in [1.807, 2.05) is 26.0 Å². The molecular formula is C23H33NO6. The van der Waals surface area contributed by atoms with Crippen molar-refractivity contribution in [2.45, 2.75) is 65.2 Å². The highest BCUT2D eigenvalue weighted by Crippen LogP contribution is 2.25. The van der Waals surface area contributed by atoms with Crippen LogP contribution in [0.25, 0.3) is 0 Å². The highest BCUT2D eigenvalue weighted by atomic mass is 16.7. The predicted octanol–water partition coefficient (Wildman–Crippen LogP) is 3.10. The summed E-state index contributed by atoms with van der Waals surface area (Å²) in [7, 11) is 1.30. The molecule has 0 spiro atoms. The Kier molecular flexibility index (Phi) is 8.55. The summed E-state index contributed by atoms with van der Waals surface area (Å²) < 4.78 is 15.8. The second-order valence-electron chi connectivity index (χ2n) is 8.15. The van der Waals surface area contributed by atoms with Gasteiger partial charge in [0, 0.05) is 18.4 Å². The number of aryl methyl sites for hydroxylation is 2. The number of hydrogen-bond donors (Lipinski definition) is 1. The fourth-order valence-corrected chi connectivity index (χ4v) is 3.40. The quantitative estimate of drug-likeness (QED) is 0.489. The van der Waals surface area contributed by atoms with Gasteiger partial charge in [-0.3, -0.25) is 9.59 Å². The number of unbranched alkanes of at least 4 members (excludes halogenated alkanes) is 1. The van der Waals surface area contributed by atoms with E-state index in [1.54, 1.807) is 13.0 Å². The van der Waals surface area contributed by atoms with Gasteiger partial charge in [-0.15, -0.1) is 0 Å². The molecule has 1 aromatic rings. The van der Waals surface area contributed by atoms with E-state index in [1.165, 1.54) is 14.0 Å². The van der Waals surface area contributed by atoms with Gasteiger partial charge >= 0.3 is 5.97 Å². The van der Waals surface area contributed by atoms with Crippen LogP contribution in [0.15, 0.2) is 18.2 Å². The molecule has 1 amide bonds. The molecule has 0 saturated carbocycles. The number of benzene rings is 1. The Morgan fingerprint density at radius 1 is 1.17 bits per heavy atom. The van der Waals surface area contributed by atoms with Crippen molar-refractivity contribution in [2.75, 3.05) is 20.3 Å². The molecule has 1 unspecified atom stereocenters. The molecule has 1 saturated heterocycles. The monoisotopic (exact) mass is 419 g/mol. The standard InChI is InChI=1S/C23H33NO6/c1-15-10-11-19(12-16(15)2)21(26)24-20(17(3)25)9-7-6-8-18-13-29-23(4,30-14-18)22(27)28-5/h10-12,18,20H,6-9,13-14H2,1-5H3,(H,24,26). The molecule has 7 nitrogen and oxygen atoms in total. The fourth-order valence-electron chi connectivity index (χ4n) is 3.40. The molecule has 0 aromatic heterocycles. The highest BCUT2D eigenvalue weighted by Gasteiger charge is 2.41. The van der Waals surface area contributed by atoms with Crippen molar-refractivity contribution in [2.24, 2.45) is 5.92 Å². The van der Waals surface area contributed by atoms with Crippen molar-refractivity contribution in [3.8, 4) is 0 Å². The topological polar surface area (TPSA) is 90.9 Å². The molecule has 1 aromatic carbocycles. The third-order valence-electron chi connectivity index (χ3n) is 5.67. The van der Waals surface area contributed by atoms with Crippen molar-refractivity contribution in [3.63, 3.8) is 0 Å². The van der Waals surface area contributed by atoms with E-state index >= 15 is 0 Å². The zero-order chi connectivity index (χ0) is 22.3. The first-order chi connectivity index (χ1) is 14.2. The normalized spacial score (nSPS) is 22.2. The van der Waals surface area contributed by atoms with Gasteiger partial charge in [-0.05, 0) is 56.9 Å². The van der Waals surface area contributed by atoms with Crippen molar-refractivity contribution < 1.29 is 28.6 Å². The molecule has 1 atom stereocenters. The van der Waals surface area contributed by atoms with Gasteiger partial charge in [0.05, 0.1) is 26.4 Å².